The predicted octanol–water partition coefficient (Wildman–Crippen LogP) is 3.00. The lowest BCUT2D eigenvalue weighted by molar-refractivity contribution is 0.0527. The highest BCUT2D eigenvalue weighted by molar-refractivity contribution is 14.0. The monoisotopic (exact) mass is 495 g/mol. The number of nitrogens with one attached hydrogen (secondary N) is 3. The Labute approximate surface area is 179 Å². The maximum atomic E-state index is 11.6. The number of aromatic nitrogens is 1. The molecule has 1 aromatic heterocycles. The molecule has 156 valence electrons. The van der Waals surface area contributed by atoms with E-state index in [2.05, 4.69) is 33.0 Å². The van der Waals surface area contributed by atoms with Crippen LogP contribution in [0, 0.1) is 0 Å². The number of hydrogen-bond donors (Lipinski definition) is 3. The largest absolute Gasteiger partial charge is 0.444 e. The highest BCUT2D eigenvalue weighted by Gasteiger charge is 2.15. The van der Waals surface area contributed by atoms with Crippen LogP contribution in [0.1, 0.15) is 58.1 Å². The standard InChI is InChI=1S/C18H33N5O3.HI/c1-7-14-13(15(8-2)26-23-14)12-22-16(19-6)20-10-9-11-21-17(24)25-18(3,4)5;/h7-12H2,1-6H3,(H,21,24)(H2,19,20,22);1H. The molecule has 0 aliphatic rings. The van der Waals surface area contributed by atoms with Gasteiger partial charge in [-0.25, -0.2) is 4.79 Å². The summed E-state index contributed by atoms with van der Waals surface area (Å²) < 4.78 is 10.6. The molecule has 0 aliphatic carbocycles. The van der Waals surface area contributed by atoms with Crippen LogP contribution in [-0.4, -0.2) is 42.9 Å². The van der Waals surface area contributed by atoms with Crippen molar-refractivity contribution in [2.45, 2.75) is 66.0 Å². The Morgan fingerprint density at radius 3 is 2.37 bits per heavy atom. The topological polar surface area (TPSA) is 101 Å². The average Bonchev–Trinajstić information content (AvgIpc) is 2.97. The third-order valence-electron chi connectivity index (χ3n) is 3.58. The van der Waals surface area contributed by atoms with Crippen LogP contribution >= 0.6 is 24.0 Å². The van der Waals surface area contributed by atoms with Gasteiger partial charge in [0.15, 0.2) is 5.96 Å². The molecule has 0 aliphatic heterocycles. The van der Waals surface area contributed by atoms with Crippen molar-refractivity contribution < 1.29 is 14.1 Å². The summed E-state index contributed by atoms with van der Waals surface area (Å²) in [4.78, 5) is 15.8. The first-order valence-electron chi connectivity index (χ1n) is 9.18. The van der Waals surface area contributed by atoms with E-state index in [9.17, 15) is 4.79 Å². The van der Waals surface area contributed by atoms with E-state index in [0.29, 0.717) is 25.6 Å². The van der Waals surface area contributed by atoms with Crippen LogP contribution in [0.2, 0.25) is 0 Å². The zero-order valence-electron chi connectivity index (χ0n) is 17.3. The fraction of sp³-hybridized carbons (Fsp3) is 0.722. The molecule has 1 rings (SSSR count). The first kappa shape index (κ1) is 25.5. The number of carbonyl (C=O) groups is 1. The van der Waals surface area contributed by atoms with Gasteiger partial charge < -0.3 is 25.2 Å². The van der Waals surface area contributed by atoms with Gasteiger partial charge in [0.05, 0.1) is 5.69 Å². The molecule has 0 atom stereocenters. The van der Waals surface area contributed by atoms with Crippen molar-refractivity contribution in [2.75, 3.05) is 20.1 Å². The van der Waals surface area contributed by atoms with Crippen molar-refractivity contribution in [3.8, 4) is 0 Å². The number of carbonyl (C=O) groups excluding carboxylic acids is 1. The summed E-state index contributed by atoms with van der Waals surface area (Å²) in [7, 11) is 1.73. The second-order valence-corrected chi connectivity index (χ2v) is 6.87. The third kappa shape index (κ3) is 9.83. The van der Waals surface area contributed by atoms with E-state index in [1.165, 1.54) is 0 Å². The molecule has 1 aromatic rings. The minimum Gasteiger partial charge on any atom is -0.444 e. The number of aryl methyl sites for hydroxylation is 2. The molecule has 0 saturated carbocycles. The van der Waals surface area contributed by atoms with Gasteiger partial charge in [0.2, 0.25) is 0 Å². The molecule has 9 heteroatoms. The first-order chi connectivity index (χ1) is 12.3. The molecule has 0 bridgehead atoms. The van der Waals surface area contributed by atoms with Gasteiger partial charge in [0.1, 0.15) is 11.4 Å². The molecule has 0 fully saturated rings. The number of guanidine groups is 1. The Kier molecular flexibility index (Phi) is 12.1. The Morgan fingerprint density at radius 1 is 1.15 bits per heavy atom. The molecule has 1 amide bonds. The van der Waals surface area contributed by atoms with Crippen LogP contribution in [-0.2, 0) is 24.1 Å². The zero-order chi connectivity index (χ0) is 19.6. The quantitative estimate of drug-likeness (QED) is 0.222. The van der Waals surface area contributed by atoms with Crippen LogP contribution in [0.15, 0.2) is 9.52 Å². The summed E-state index contributed by atoms with van der Waals surface area (Å²) in [6.07, 6.45) is 2.01. The number of amides is 1. The lowest BCUT2D eigenvalue weighted by Crippen LogP contribution is -2.39. The fourth-order valence-electron chi connectivity index (χ4n) is 2.33. The second kappa shape index (κ2) is 12.8. The third-order valence-corrected chi connectivity index (χ3v) is 3.58. The minimum atomic E-state index is -0.481. The van der Waals surface area contributed by atoms with E-state index in [1.54, 1.807) is 7.05 Å². The van der Waals surface area contributed by atoms with Crippen molar-refractivity contribution in [1.82, 2.24) is 21.1 Å². The number of halogens is 1. The lowest BCUT2D eigenvalue weighted by Gasteiger charge is -2.19. The maximum Gasteiger partial charge on any atom is 0.407 e. The molecular formula is C18H34IN5O3. The second-order valence-electron chi connectivity index (χ2n) is 6.87. The van der Waals surface area contributed by atoms with Gasteiger partial charge in [0, 0.05) is 38.7 Å². The summed E-state index contributed by atoms with van der Waals surface area (Å²) in [6.45, 7) is 11.5. The van der Waals surface area contributed by atoms with Crippen molar-refractivity contribution in [1.29, 1.82) is 0 Å². The lowest BCUT2D eigenvalue weighted by atomic mass is 10.1. The van der Waals surface area contributed by atoms with Crippen molar-refractivity contribution >= 4 is 36.0 Å². The Bertz CT molecular complexity index is 575. The summed E-state index contributed by atoms with van der Waals surface area (Å²) in [5, 5.41) is 13.3. The SMILES string of the molecule is CCc1noc(CC)c1CNC(=NC)NCCCNC(=O)OC(C)(C)C.I. The van der Waals surface area contributed by atoms with Crippen LogP contribution < -0.4 is 16.0 Å². The molecule has 0 unspecified atom stereocenters. The van der Waals surface area contributed by atoms with Gasteiger partial charge >= 0.3 is 6.09 Å². The first-order valence-corrected chi connectivity index (χ1v) is 9.18. The average molecular weight is 495 g/mol. The fourth-order valence-corrected chi connectivity index (χ4v) is 2.33. The maximum absolute atomic E-state index is 11.6. The van der Waals surface area contributed by atoms with E-state index in [1.807, 2.05) is 27.7 Å². The van der Waals surface area contributed by atoms with Gasteiger partial charge in [-0.2, -0.15) is 0 Å². The van der Waals surface area contributed by atoms with E-state index in [0.717, 1.165) is 36.3 Å². The van der Waals surface area contributed by atoms with Crippen LogP contribution in [0.25, 0.3) is 0 Å². The molecular weight excluding hydrogens is 461 g/mol. The minimum absolute atomic E-state index is 0. The highest BCUT2D eigenvalue weighted by atomic mass is 127. The van der Waals surface area contributed by atoms with E-state index in [-0.39, 0.29) is 24.0 Å². The zero-order valence-corrected chi connectivity index (χ0v) is 19.6. The molecule has 0 saturated heterocycles. The normalized spacial score (nSPS) is 11.6. The summed E-state index contributed by atoms with van der Waals surface area (Å²) in [6, 6.07) is 0. The van der Waals surface area contributed by atoms with Gasteiger partial charge in [0.25, 0.3) is 0 Å². The van der Waals surface area contributed by atoms with E-state index in [4.69, 9.17) is 9.26 Å². The van der Waals surface area contributed by atoms with E-state index < -0.39 is 11.7 Å². The van der Waals surface area contributed by atoms with Crippen LogP contribution in [0.5, 0.6) is 0 Å². The van der Waals surface area contributed by atoms with Crippen LogP contribution in [0.4, 0.5) is 4.79 Å². The van der Waals surface area contributed by atoms with Crippen molar-refractivity contribution in [3.05, 3.63) is 17.0 Å². The summed E-state index contributed by atoms with van der Waals surface area (Å²) >= 11 is 0. The summed E-state index contributed by atoms with van der Waals surface area (Å²) in [5.41, 5.74) is 1.60. The number of aliphatic imine (C=N–C) groups is 1. The molecule has 0 aromatic carbocycles. The number of ether oxygens (including phenoxy) is 1. The summed E-state index contributed by atoms with van der Waals surface area (Å²) in [5.74, 6) is 1.61. The number of nitrogens with zero attached hydrogens (tertiary/aromatic N) is 2. The van der Waals surface area contributed by atoms with Gasteiger partial charge in [-0.3, -0.25) is 4.99 Å². The highest BCUT2D eigenvalue weighted by Crippen LogP contribution is 2.15. The predicted molar refractivity (Wildman–Crippen MR) is 118 cm³/mol. The Morgan fingerprint density at radius 2 is 1.81 bits per heavy atom. The van der Waals surface area contributed by atoms with Gasteiger partial charge in [-0.05, 0) is 33.6 Å². The smallest absolute Gasteiger partial charge is 0.407 e. The van der Waals surface area contributed by atoms with Gasteiger partial charge in [-0.15, -0.1) is 24.0 Å². The molecule has 3 N–H and O–H groups in total. The molecule has 0 spiro atoms. The van der Waals surface area contributed by atoms with Crippen molar-refractivity contribution in [3.63, 3.8) is 0 Å². The van der Waals surface area contributed by atoms with E-state index >= 15 is 0 Å². The van der Waals surface area contributed by atoms with Crippen LogP contribution in [0.3, 0.4) is 0 Å². The Balaban J connectivity index is 0.00000676. The Hall–Kier alpha value is -1.52. The van der Waals surface area contributed by atoms with Crippen molar-refractivity contribution in [2.24, 2.45) is 4.99 Å². The molecule has 1 heterocycles. The number of alkyl carbamates (subject to hydrolysis) is 1. The van der Waals surface area contributed by atoms with Gasteiger partial charge in [-0.1, -0.05) is 19.0 Å². The number of hydrogen-bond acceptors (Lipinski definition) is 5. The molecule has 27 heavy (non-hydrogen) atoms. The molecule has 0 radical (unpaired) electrons. The molecule has 8 nitrogen and oxygen atoms in total. The number of rotatable bonds is 8.